The van der Waals surface area contributed by atoms with Crippen molar-refractivity contribution in [3.05, 3.63) is 101 Å². The number of amides is 2. The second-order valence-electron chi connectivity index (χ2n) is 7.31. The van der Waals surface area contributed by atoms with Crippen molar-refractivity contribution in [2.24, 2.45) is 5.14 Å². The second-order valence-corrected chi connectivity index (χ2v) is 9.28. The van der Waals surface area contributed by atoms with Crippen LogP contribution in [0, 0.1) is 6.54 Å². The Bertz CT molecular complexity index is 1330. The van der Waals surface area contributed by atoms with Gasteiger partial charge < -0.3 is 20.1 Å². The number of sulfonamides is 1. The largest absolute Gasteiger partial charge is 0.468 e. The smallest absolute Gasteiger partial charge is 0.253 e. The molecule has 1 radical (unpaired) electrons. The van der Waals surface area contributed by atoms with Gasteiger partial charge in [0.05, 0.1) is 22.0 Å². The van der Waals surface area contributed by atoms with Crippen molar-refractivity contribution in [1.82, 2.24) is 10.6 Å². The molecule has 0 aliphatic carbocycles. The van der Waals surface area contributed by atoms with E-state index in [-0.39, 0.29) is 40.3 Å². The molecule has 4 N–H and O–H groups in total. The summed E-state index contributed by atoms with van der Waals surface area (Å²) in [5, 5.41) is 10.5. The van der Waals surface area contributed by atoms with Crippen LogP contribution < -0.4 is 20.5 Å². The highest BCUT2D eigenvalue weighted by Gasteiger charge is 2.15. The van der Waals surface area contributed by atoms with Crippen LogP contribution in [0.5, 0.6) is 5.75 Å². The normalized spacial score (nSPS) is 11.1. The second kappa shape index (κ2) is 11.8. The number of carbonyl (C=O) groups is 2. The summed E-state index contributed by atoms with van der Waals surface area (Å²) in [4.78, 5) is 25.0. The molecule has 0 bridgehead atoms. The molecule has 0 aromatic heterocycles. The Balaban J connectivity index is 1.59. The van der Waals surface area contributed by atoms with Gasteiger partial charge in [-0.05, 0) is 53.6 Å². The van der Waals surface area contributed by atoms with Crippen LogP contribution in [0.1, 0.15) is 31.8 Å². The summed E-state index contributed by atoms with van der Waals surface area (Å²) >= 11 is 6.24. The molecule has 0 aliphatic heterocycles. The third-order valence-corrected chi connectivity index (χ3v) is 5.95. The predicted octanol–water partition coefficient (Wildman–Crippen LogP) is 2.84. The summed E-state index contributed by atoms with van der Waals surface area (Å²) in [6.45, 7) is 1.71. The first-order valence-electron chi connectivity index (χ1n) is 10.2. The lowest BCUT2D eigenvalue weighted by Crippen LogP contribution is -2.24. The molecule has 3 aromatic carbocycles. The molecule has 0 aliphatic rings. The molecule has 2 amide bonds. The standard InChI is InChI=1S/C24H23ClN3O6S/c1-33-15-34-19-6-2-4-16(10-19)13-27-23(29)18-8-9-21(22(25)12-18)24(30)28-14-17-5-3-7-20(11-17)35(26,31)32/h2-12,14H,13,15H2,1H3,(H,27,29)(H,28,30)(H2,26,31,32). The van der Waals surface area contributed by atoms with Crippen molar-refractivity contribution in [3.8, 4) is 5.75 Å². The summed E-state index contributed by atoms with van der Waals surface area (Å²) in [6.07, 6.45) is 0. The number of nitrogens with two attached hydrogens (primary N) is 1. The van der Waals surface area contributed by atoms with E-state index in [1.165, 1.54) is 50.1 Å². The molecule has 9 nitrogen and oxygen atoms in total. The Labute approximate surface area is 208 Å². The molecule has 11 heteroatoms. The predicted molar refractivity (Wildman–Crippen MR) is 130 cm³/mol. The first-order chi connectivity index (χ1) is 16.7. The third-order valence-electron chi connectivity index (χ3n) is 4.73. The van der Waals surface area contributed by atoms with Crippen molar-refractivity contribution >= 4 is 33.4 Å². The van der Waals surface area contributed by atoms with Crippen LogP contribution >= 0.6 is 11.6 Å². The van der Waals surface area contributed by atoms with Gasteiger partial charge in [-0.25, -0.2) is 13.6 Å². The minimum atomic E-state index is -3.87. The number of ether oxygens (including phenoxy) is 2. The Morgan fingerprint density at radius 2 is 1.80 bits per heavy atom. The Morgan fingerprint density at radius 3 is 2.51 bits per heavy atom. The zero-order chi connectivity index (χ0) is 25.4. The van der Waals surface area contributed by atoms with E-state index < -0.39 is 15.9 Å². The summed E-state index contributed by atoms with van der Waals surface area (Å²) in [7, 11) is -2.34. The fraction of sp³-hybridized carbons (Fsp3) is 0.125. The topological polar surface area (TPSA) is 137 Å². The van der Waals surface area contributed by atoms with Gasteiger partial charge in [0.25, 0.3) is 11.8 Å². The molecule has 0 atom stereocenters. The highest BCUT2D eigenvalue weighted by Crippen LogP contribution is 2.19. The summed E-state index contributed by atoms with van der Waals surface area (Å²) in [5.74, 6) is -0.283. The number of primary sulfonamides is 1. The number of rotatable bonds is 10. The van der Waals surface area contributed by atoms with Crippen LogP contribution in [0.3, 0.4) is 0 Å². The highest BCUT2D eigenvalue weighted by atomic mass is 35.5. The van der Waals surface area contributed by atoms with Crippen LogP contribution in [-0.2, 0) is 21.3 Å². The quantitative estimate of drug-likeness (QED) is 0.354. The highest BCUT2D eigenvalue weighted by molar-refractivity contribution is 7.89. The number of nitrogens with one attached hydrogen (secondary N) is 2. The fourth-order valence-corrected chi connectivity index (χ4v) is 3.84. The van der Waals surface area contributed by atoms with Crippen molar-refractivity contribution in [2.45, 2.75) is 11.4 Å². The Hall–Kier alpha value is -3.44. The molecular weight excluding hydrogens is 494 g/mol. The SMILES string of the molecule is COCOc1cccc(CNC(=O)c2ccc(C(=O)N[CH]c3cccc(S(N)(=O)=O)c3)c(Cl)c2)c1. The number of benzene rings is 3. The number of halogens is 1. The van der Waals surface area contributed by atoms with Crippen LogP contribution in [0.15, 0.2) is 71.6 Å². The number of hydrogen-bond acceptors (Lipinski definition) is 6. The Morgan fingerprint density at radius 1 is 1.03 bits per heavy atom. The maximum Gasteiger partial charge on any atom is 0.253 e. The van der Waals surface area contributed by atoms with Crippen molar-refractivity contribution in [2.75, 3.05) is 13.9 Å². The average Bonchev–Trinajstić information content (AvgIpc) is 2.84. The van der Waals surface area contributed by atoms with Crippen molar-refractivity contribution < 1.29 is 27.5 Å². The lowest BCUT2D eigenvalue weighted by molar-refractivity contribution is 0.0510. The molecule has 35 heavy (non-hydrogen) atoms. The molecule has 0 unspecified atom stereocenters. The van der Waals surface area contributed by atoms with Gasteiger partial charge in [-0.2, -0.15) is 0 Å². The molecule has 3 rings (SSSR count). The molecular formula is C24H23ClN3O6S. The first-order valence-corrected chi connectivity index (χ1v) is 12.1. The average molecular weight is 517 g/mol. The summed E-state index contributed by atoms with van der Waals surface area (Å²) in [5.41, 5.74) is 1.68. The van der Waals surface area contributed by atoms with Crippen LogP contribution in [0.4, 0.5) is 0 Å². The van der Waals surface area contributed by atoms with Crippen LogP contribution in [-0.4, -0.2) is 34.1 Å². The number of carbonyl (C=O) groups excluding carboxylic acids is 2. The van der Waals surface area contributed by atoms with Gasteiger partial charge in [-0.3, -0.25) is 9.59 Å². The minimum Gasteiger partial charge on any atom is -0.468 e. The van der Waals surface area contributed by atoms with E-state index in [1.54, 1.807) is 24.3 Å². The summed E-state index contributed by atoms with van der Waals surface area (Å²) in [6, 6.07) is 17.3. The molecule has 0 fully saturated rings. The van der Waals surface area contributed by atoms with Gasteiger partial charge in [-0.15, -0.1) is 0 Å². The molecule has 0 heterocycles. The van der Waals surface area contributed by atoms with Gasteiger partial charge >= 0.3 is 0 Å². The third kappa shape index (κ3) is 7.52. The lowest BCUT2D eigenvalue weighted by Gasteiger charge is -2.10. The maximum absolute atomic E-state index is 12.5. The van der Waals surface area contributed by atoms with Crippen LogP contribution in [0.25, 0.3) is 0 Å². The van der Waals surface area contributed by atoms with Crippen LogP contribution in [0.2, 0.25) is 5.02 Å². The van der Waals surface area contributed by atoms with E-state index in [2.05, 4.69) is 10.6 Å². The van der Waals surface area contributed by atoms with E-state index >= 15 is 0 Å². The van der Waals surface area contributed by atoms with Crippen molar-refractivity contribution in [3.63, 3.8) is 0 Å². The minimum absolute atomic E-state index is 0.0804. The van der Waals surface area contributed by atoms with Gasteiger partial charge in [0.1, 0.15) is 5.75 Å². The van der Waals surface area contributed by atoms with E-state index in [4.69, 9.17) is 26.2 Å². The van der Waals surface area contributed by atoms with Crippen molar-refractivity contribution in [1.29, 1.82) is 0 Å². The molecule has 3 aromatic rings. The zero-order valence-electron chi connectivity index (χ0n) is 18.7. The molecule has 0 saturated carbocycles. The summed E-state index contributed by atoms with van der Waals surface area (Å²) < 4.78 is 33.2. The Kier molecular flexibility index (Phi) is 8.83. The van der Waals surface area contributed by atoms with Gasteiger partial charge in [0.15, 0.2) is 6.79 Å². The van der Waals surface area contributed by atoms with Gasteiger partial charge in [-0.1, -0.05) is 35.9 Å². The first kappa shape index (κ1) is 26.2. The fourth-order valence-electron chi connectivity index (χ4n) is 3.01. The van der Waals surface area contributed by atoms with E-state index in [0.29, 0.717) is 11.3 Å². The maximum atomic E-state index is 12.5. The monoisotopic (exact) mass is 516 g/mol. The zero-order valence-corrected chi connectivity index (χ0v) is 20.2. The van der Waals surface area contributed by atoms with E-state index in [1.807, 2.05) is 6.07 Å². The van der Waals surface area contributed by atoms with Gasteiger partial charge in [0, 0.05) is 19.2 Å². The van der Waals surface area contributed by atoms with E-state index in [0.717, 1.165) is 5.56 Å². The number of hydrogen-bond donors (Lipinski definition) is 3. The molecule has 0 spiro atoms. The van der Waals surface area contributed by atoms with E-state index in [9.17, 15) is 18.0 Å². The van der Waals surface area contributed by atoms with Gasteiger partial charge in [0.2, 0.25) is 10.0 Å². The number of methoxy groups -OCH3 is 1. The molecule has 183 valence electrons. The lowest BCUT2D eigenvalue weighted by atomic mass is 10.1. The molecule has 0 saturated heterocycles.